The lowest BCUT2D eigenvalue weighted by molar-refractivity contribution is 0.622. The molecule has 1 N–H and O–H groups in total. The minimum atomic E-state index is -0.199. The summed E-state index contributed by atoms with van der Waals surface area (Å²) in [5, 5.41) is 7.91. The Balaban J connectivity index is 1.68. The average Bonchev–Trinajstić information content (AvgIpc) is 3.17. The highest BCUT2D eigenvalue weighted by atomic mass is 19.1. The van der Waals surface area contributed by atoms with Gasteiger partial charge in [0.1, 0.15) is 5.82 Å². The van der Waals surface area contributed by atoms with E-state index in [-0.39, 0.29) is 5.82 Å². The number of nitrogens with zero attached hydrogens (tertiary/aromatic N) is 2. The topological polar surface area (TPSA) is 29.9 Å². The van der Waals surface area contributed by atoms with Crippen LogP contribution in [0.2, 0.25) is 0 Å². The van der Waals surface area contributed by atoms with E-state index in [0.29, 0.717) is 12.6 Å². The van der Waals surface area contributed by atoms with Gasteiger partial charge in [-0.25, -0.2) is 4.39 Å². The highest BCUT2D eigenvalue weighted by molar-refractivity contribution is 5.20. The number of hydrogen-bond acceptors (Lipinski definition) is 2. The summed E-state index contributed by atoms with van der Waals surface area (Å²) in [6.07, 6.45) is 4.51. The van der Waals surface area contributed by atoms with Crippen molar-refractivity contribution in [1.29, 1.82) is 0 Å². The largest absolute Gasteiger partial charge is 0.310 e. The van der Waals surface area contributed by atoms with Crippen molar-refractivity contribution in [3.8, 4) is 0 Å². The van der Waals surface area contributed by atoms with E-state index in [1.165, 1.54) is 36.2 Å². The summed E-state index contributed by atoms with van der Waals surface area (Å²) < 4.78 is 14.8. The molecule has 1 aliphatic carbocycles. The van der Waals surface area contributed by atoms with Crippen molar-refractivity contribution in [1.82, 2.24) is 15.1 Å². The third-order valence-electron chi connectivity index (χ3n) is 3.61. The monoisotopic (exact) mass is 259 g/mol. The van der Waals surface area contributed by atoms with E-state index in [1.54, 1.807) is 12.1 Å². The molecule has 19 heavy (non-hydrogen) atoms. The summed E-state index contributed by atoms with van der Waals surface area (Å²) >= 11 is 0. The minimum absolute atomic E-state index is 0.199. The normalized spacial score (nSPS) is 14.8. The molecule has 4 heteroatoms. The first kappa shape index (κ1) is 12.4. The van der Waals surface area contributed by atoms with E-state index < -0.39 is 0 Å². The molecule has 0 atom stereocenters. The molecule has 1 saturated carbocycles. The van der Waals surface area contributed by atoms with Crippen LogP contribution < -0.4 is 5.32 Å². The van der Waals surface area contributed by atoms with Crippen LogP contribution in [0.25, 0.3) is 0 Å². The molecule has 0 bridgehead atoms. The summed E-state index contributed by atoms with van der Waals surface area (Å²) in [4.78, 5) is 0. The molecule has 0 spiro atoms. The Hall–Kier alpha value is -1.68. The fraction of sp³-hybridized carbons (Fsp3) is 0.400. The highest BCUT2D eigenvalue weighted by Gasteiger charge is 2.20. The zero-order valence-corrected chi connectivity index (χ0v) is 11.1. The van der Waals surface area contributed by atoms with E-state index in [0.717, 1.165) is 12.1 Å². The van der Waals surface area contributed by atoms with Crippen LogP contribution in [0.3, 0.4) is 0 Å². The van der Waals surface area contributed by atoms with Gasteiger partial charge in [0.05, 0.1) is 12.7 Å². The molecule has 2 aromatic rings. The van der Waals surface area contributed by atoms with Gasteiger partial charge < -0.3 is 5.32 Å². The predicted molar refractivity (Wildman–Crippen MR) is 72.3 cm³/mol. The number of benzene rings is 1. The molecule has 3 nitrogen and oxygen atoms in total. The first-order valence-electron chi connectivity index (χ1n) is 6.71. The van der Waals surface area contributed by atoms with E-state index in [2.05, 4.69) is 17.3 Å². The molecule has 0 aliphatic heterocycles. The Labute approximate surface area is 112 Å². The van der Waals surface area contributed by atoms with Crippen LogP contribution in [-0.2, 0) is 13.1 Å². The SMILES string of the molecule is Cc1c(CNC2CC2)cnn1Cc1ccc(F)cc1. The van der Waals surface area contributed by atoms with Gasteiger partial charge in [0.15, 0.2) is 0 Å². The number of halogens is 1. The van der Waals surface area contributed by atoms with Crippen LogP contribution in [0.5, 0.6) is 0 Å². The van der Waals surface area contributed by atoms with E-state index in [4.69, 9.17) is 0 Å². The van der Waals surface area contributed by atoms with Gasteiger partial charge >= 0.3 is 0 Å². The predicted octanol–water partition coefficient (Wildman–Crippen LogP) is 2.63. The van der Waals surface area contributed by atoms with Gasteiger partial charge in [-0.2, -0.15) is 5.10 Å². The quantitative estimate of drug-likeness (QED) is 0.894. The first-order chi connectivity index (χ1) is 9.22. The molecule has 100 valence electrons. The highest BCUT2D eigenvalue weighted by Crippen LogP contribution is 2.20. The lowest BCUT2D eigenvalue weighted by atomic mass is 10.2. The van der Waals surface area contributed by atoms with Crippen molar-refractivity contribution in [3.63, 3.8) is 0 Å². The van der Waals surface area contributed by atoms with Crippen LogP contribution in [0.15, 0.2) is 30.5 Å². The zero-order chi connectivity index (χ0) is 13.2. The Morgan fingerprint density at radius 2 is 2.05 bits per heavy atom. The van der Waals surface area contributed by atoms with Gasteiger partial charge in [-0.1, -0.05) is 12.1 Å². The Kier molecular flexibility index (Phi) is 3.34. The second kappa shape index (κ2) is 5.13. The molecule has 1 heterocycles. The smallest absolute Gasteiger partial charge is 0.123 e. The number of aromatic nitrogens is 2. The van der Waals surface area contributed by atoms with Crippen LogP contribution >= 0.6 is 0 Å². The van der Waals surface area contributed by atoms with E-state index >= 15 is 0 Å². The summed E-state index contributed by atoms with van der Waals surface area (Å²) in [6, 6.07) is 7.30. The summed E-state index contributed by atoms with van der Waals surface area (Å²) in [7, 11) is 0. The molecule has 1 aromatic heterocycles. The van der Waals surface area contributed by atoms with Crippen molar-refractivity contribution in [2.75, 3.05) is 0 Å². The molecule has 1 fully saturated rings. The molecular weight excluding hydrogens is 241 g/mol. The molecule has 0 saturated heterocycles. The van der Waals surface area contributed by atoms with Crippen LogP contribution in [0.1, 0.15) is 29.7 Å². The Morgan fingerprint density at radius 3 is 2.74 bits per heavy atom. The lowest BCUT2D eigenvalue weighted by Crippen LogP contribution is -2.16. The van der Waals surface area contributed by atoms with Gasteiger partial charge in [-0.15, -0.1) is 0 Å². The first-order valence-corrected chi connectivity index (χ1v) is 6.71. The molecule has 0 amide bonds. The van der Waals surface area contributed by atoms with Gasteiger partial charge in [0, 0.05) is 23.8 Å². The maximum absolute atomic E-state index is 12.9. The van der Waals surface area contributed by atoms with Crippen LogP contribution in [0.4, 0.5) is 4.39 Å². The van der Waals surface area contributed by atoms with Crippen molar-refractivity contribution >= 4 is 0 Å². The zero-order valence-electron chi connectivity index (χ0n) is 11.1. The van der Waals surface area contributed by atoms with Crippen molar-refractivity contribution in [2.45, 2.75) is 38.9 Å². The maximum Gasteiger partial charge on any atom is 0.123 e. The van der Waals surface area contributed by atoms with Gasteiger partial charge in [-0.3, -0.25) is 4.68 Å². The van der Waals surface area contributed by atoms with Crippen LogP contribution in [0, 0.1) is 12.7 Å². The average molecular weight is 259 g/mol. The Morgan fingerprint density at radius 1 is 1.32 bits per heavy atom. The minimum Gasteiger partial charge on any atom is -0.310 e. The van der Waals surface area contributed by atoms with Crippen molar-refractivity contribution < 1.29 is 4.39 Å². The Bertz CT molecular complexity index is 555. The van der Waals surface area contributed by atoms with Gasteiger partial charge in [0.25, 0.3) is 0 Å². The molecule has 3 rings (SSSR count). The second-order valence-electron chi connectivity index (χ2n) is 5.19. The third-order valence-corrected chi connectivity index (χ3v) is 3.61. The number of rotatable bonds is 5. The fourth-order valence-corrected chi connectivity index (χ4v) is 2.12. The third kappa shape index (κ3) is 3.01. The summed E-state index contributed by atoms with van der Waals surface area (Å²) in [5.41, 5.74) is 3.49. The molecule has 0 radical (unpaired) electrons. The van der Waals surface area contributed by atoms with E-state index in [9.17, 15) is 4.39 Å². The fourth-order valence-electron chi connectivity index (χ4n) is 2.12. The van der Waals surface area contributed by atoms with Gasteiger partial charge in [0.2, 0.25) is 0 Å². The summed E-state index contributed by atoms with van der Waals surface area (Å²) in [6.45, 7) is 3.66. The summed E-state index contributed by atoms with van der Waals surface area (Å²) in [5.74, 6) is -0.199. The van der Waals surface area contributed by atoms with Gasteiger partial charge in [-0.05, 0) is 37.5 Å². The molecular formula is C15H18FN3. The second-order valence-corrected chi connectivity index (χ2v) is 5.19. The number of hydrogen-bond donors (Lipinski definition) is 1. The number of nitrogens with one attached hydrogen (secondary N) is 1. The molecule has 1 aliphatic rings. The lowest BCUT2D eigenvalue weighted by Gasteiger charge is -2.06. The van der Waals surface area contributed by atoms with Crippen LogP contribution in [-0.4, -0.2) is 15.8 Å². The van der Waals surface area contributed by atoms with Crippen molar-refractivity contribution in [2.24, 2.45) is 0 Å². The van der Waals surface area contributed by atoms with E-state index in [1.807, 2.05) is 10.9 Å². The maximum atomic E-state index is 12.9. The standard InChI is InChI=1S/C15H18FN3/c1-11-13(8-17-15-6-7-15)9-18-19(11)10-12-2-4-14(16)5-3-12/h2-5,9,15,17H,6-8,10H2,1H3. The molecule has 0 unspecified atom stereocenters. The molecule has 1 aromatic carbocycles. The van der Waals surface area contributed by atoms with Crippen molar-refractivity contribution in [3.05, 3.63) is 53.1 Å².